The third-order valence-corrected chi connectivity index (χ3v) is 6.42. The fraction of sp³-hybridized carbons (Fsp3) is 0.625. The molecule has 0 heterocycles. The molecule has 2 atom stereocenters. The van der Waals surface area contributed by atoms with Crippen molar-refractivity contribution < 1.29 is 17.9 Å². The van der Waals surface area contributed by atoms with E-state index in [0.717, 1.165) is 25.7 Å². The molecule has 0 saturated heterocycles. The van der Waals surface area contributed by atoms with Crippen LogP contribution in [-0.4, -0.2) is 34.7 Å². The molecule has 2 rings (SSSR count). The molecular formula is C16H27ClN2O4S. The maximum atomic E-state index is 13.0. The predicted octanol–water partition coefficient (Wildman–Crippen LogP) is 2.31. The van der Waals surface area contributed by atoms with E-state index in [-0.39, 0.29) is 41.3 Å². The quantitative estimate of drug-likeness (QED) is 0.792. The van der Waals surface area contributed by atoms with Crippen molar-refractivity contribution in [1.82, 2.24) is 4.72 Å². The van der Waals surface area contributed by atoms with Gasteiger partial charge >= 0.3 is 0 Å². The van der Waals surface area contributed by atoms with Crippen LogP contribution in [0.1, 0.15) is 32.6 Å². The van der Waals surface area contributed by atoms with Gasteiger partial charge < -0.3 is 15.2 Å². The maximum absolute atomic E-state index is 13.0. The molecular weight excluding hydrogens is 352 g/mol. The van der Waals surface area contributed by atoms with Gasteiger partial charge in [-0.3, -0.25) is 0 Å². The van der Waals surface area contributed by atoms with Gasteiger partial charge in [0.2, 0.25) is 10.0 Å². The molecule has 24 heavy (non-hydrogen) atoms. The minimum atomic E-state index is -3.83. The van der Waals surface area contributed by atoms with E-state index < -0.39 is 15.6 Å². The number of rotatable bonds is 6. The van der Waals surface area contributed by atoms with Crippen LogP contribution in [0.4, 0.5) is 0 Å². The van der Waals surface area contributed by atoms with Crippen molar-refractivity contribution in [3.05, 3.63) is 18.2 Å². The summed E-state index contributed by atoms with van der Waals surface area (Å²) in [5, 5.41) is 0. The van der Waals surface area contributed by atoms with Gasteiger partial charge in [-0.25, -0.2) is 13.1 Å². The number of hydrogen-bond donors (Lipinski definition) is 2. The zero-order valence-corrected chi connectivity index (χ0v) is 16.0. The van der Waals surface area contributed by atoms with Crippen LogP contribution >= 0.6 is 12.4 Å². The van der Waals surface area contributed by atoms with E-state index in [1.807, 2.05) is 6.92 Å². The highest BCUT2D eigenvalue weighted by Gasteiger charge is 2.42. The minimum absolute atomic E-state index is 0. The molecule has 0 spiro atoms. The van der Waals surface area contributed by atoms with E-state index in [9.17, 15) is 8.42 Å². The number of halogens is 1. The Labute approximate surface area is 150 Å². The van der Waals surface area contributed by atoms with Gasteiger partial charge in [-0.2, -0.15) is 0 Å². The molecule has 0 radical (unpaired) electrons. The van der Waals surface area contributed by atoms with Gasteiger partial charge in [-0.15, -0.1) is 12.4 Å². The van der Waals surface area contributed by atoms with Gasteiger partial charge in [0.15, 0.2) is 4.90 Å². The lowest BCUT2D eigenvalue weighted by Gasteiger charge is -2.42. The van der Waals surface area contributed by atoms with Crippen LogP contribution in [0.15, 0.2) is 23.1 Å². The molecule has 1 fully saturated rings. The van der Waals surface area contributed by atoms with Gasteiger partial charge in [0.05, 0.1) is 14.2 Å². The number of methoxy groups -OCH3 is 2. The van der Waals surface area contributed by atoms with Gasteiger partial charge in [0.1, 0.15) is 11.5 Å². The molecule has 1 aliphatic rings. The molecule has 1 aromatic rings. The summed E-state index contributed by atoms with van der Waals surface area (Å²) >= 11 is 0. The second-order valence-corrected chi connectivity index (χ2v) is 7.72. The first-order valence-corrected chi connectivity index (χ1v) is 9.33. The third kappa shape index (κ3) is 3.96. The molecule has 0 amide bonds. The Hall–Kier alpha value is -1.02. The highest BCUT2D eigenvalue weighted by molar-refractivity contribution is 7.89. The second-order valence-electron chi connectivity index (χ2n) is 6.10. The first-order valence-electron chi connectivity index (χ1n) is 7.85. The van der Waals surface area contributed by atoms with Gasteiger partial charge in [0, 0.05) is 12.1 Å². The summed E-state index contributed by atoms with van der Waals surface area (Å²) < 4.78 is 39.4. The lowest BCUT2D eigenvalue weighted by molar-refractivity contribution is 0.191. The van der Waals surface area contributed by atoms with Crippen LogP contribution in [0.2, 0.25) is 0 Å². The Morgan fingerprint density at radius 3 is 2.29 bits per heavy atom. The third-order valence-electron chi connectivity index (χ3n) is 4.81. The number of nitrogens with one attached hydrogen (secondary N) is 1. The summed E-state index contributed by atoms with van der Waals surface area (Å²) in [5.41, 5.74) is 5.34. The van der Waals surface area contributed by atoms with Crippen LogP contribution in [0.3, 0.4) is 0 Å². The summed E-state index contributed by atoms with van der Waals surface area (Å²) in [6.07, 6.45) is 3.76. The summed E-state index contributed by atoms with van der Waals surface area (Å²) in [6.45, 7) is 2.32. The molecule has 3 N–H and O–H groups in total. The van der Waals surface area contributed by atoms with Crippen LogP contribution in [-0.2, 0) is 10.0 Å². The van der Waals surface area contributed by atoms with Crippen molar-refractivity contribution in [1.29, 1.82) is 0 Å². The highest BCUT2D eigenvalue weighted by atomic mass is 35.5. The molecule has 6 nitrogen and oxygen atoms in total. The molecule has 0 bridgehead atoms. The number of nitrogens with two attached hydrogens (primary N) is 1. The average molecular weight is 379 g/mol. The molecule has 1 saturated carbocycles. The Kier molecular flexibility index (Phi) is 7.34. The van der Waals surface area contributed by atoms with Gasteiger partial charge in [0.25, 0.3) is 0 Å². The Balaban J connectivity index is 0.00000288. The molecule has 138 valence electrons. The monoisotopic (exact) mass is 378 g/mol. The number of sulfonamides is 1. The first kappa shape index (κ1) is 21.0. The smallest absolute Gasteiger partial charge is 0.248 e. The van der Waals surface area contributed by atoms with Crippen LogP contribution in [0.5, 0.6) is 11.5 Å². The number of ether oxygens (including phenoxy) is 2. The molecule has 1 aliphatic carbocycles. The predicted molar refractivity (Wildman–Crippen MR) is 96.5 cm³/mol. The van der Waals surface area contributed by atoms with Crippen molar-refractivity contribution >= 4 is 22.4 Å². The van der Waals surface area contributed by atoms with Gasteiger partial charge in [-0.05, 0) is 30.9 Å². The van der Waals surface area contributed by atoms with E-state index in [1.165, 1.54) is 14.2 Å². The summed E-state index contributed by atoms with van der Waals surface area (Å²) in [4.78, 5) is 0.0237. The largest absolute Gasteiger partial charge is 0.495 e. The summed E-state index contributed by atoms with van der Waals surface area (Å²) in [7, 11) is -0.948. The molecule has 8 heteroatoms. The summed E-state index contributed by atoms with van der Waals surface area (Å²) in [6, 6.07) is 4.91. The lowest BCUT2D eigenvalue weighted by atomic mass is 9.74. The maximum Gasteiger partial charge on any atom is 0.248 e. The molecule has 0 aliphatic heterocycles. The molecule has 2 unspecified atom stereocenters. The van der Waals surface area contributed by atoms with Crippen molar-refractivity contribution in [3.8, 4) is 11.5 Å². The number of benzene rings is 1. The fourth-order valence-corrected chi connectivity index (χ4v) is 5.17. The molecule has 0 aromatic heterocycles. The van der Waals surface area contributed by atoms with E-state index in [4.69, 9.17) is 15.2 Å². The zero-order valence-electron chi connectivity index (χ0n) is 14.4. The lowest BCUT2D eigenvalue weighted by Crippen LogP contribution is -2.59. The Morgan fingerprint density at radius 2 is 1.83 bits per heavy atom. The van der Waals surface area contributed by atoms with Crippen molar-refractivity contribution in [2.45, 2.75) is 43.0 Å². The van der Waals surface area contributed by atoms with E-state index in [0.29, 0.717) is 0 Å². The summed E-state index contributed by atoms with van der Waals surface area (Å²) in [5.74, 6) is 0.691. The van der Waals surface area contributed by atoms with E-state index >= 15 is 0 Å². The van der Waals surface area contributed by atoms with Crippen molar-refractivity contribution in [3.63, 3.8) is 0 Å². The minimum Gasteiger partial charge on any atom is -0.495 e. The van der Waals surface area contributed by atoms with Crippen LogP contribution in [0.25, 0.3) is 0 Å². The average Bonchev–Trinajstić information content (AvgIpc) is 2.56. The van der Waals surface area contributed by atoms with Crippen molar-refractivity contribution in [2.75, 3.05) is 20.8 Å². The van der Waals surface area contributed by atoms with E-state index in [1.54, 1.807) is 18.2 Å². The standard InChI is InChI=1S/C16H26N2O4S.ClH/c1-12-7-4-5-10-16(12,11-17)18-23(19,20)15-13(21-2)8-6-9-14(15)22-3;/h6,8-9,12,18H,4-5,7,10-11,17H2,1-3H3;1H. The van der Waals surface area contributed by atoms with Crippen molar-refractivity contribution in [2.24, 2.45) is 11.7 Å². The number of hydrogen-bond acceptors (Lipinski definition) is 5. The fourth-order valence-electron chi connectivity index (χ4n) is 3.31. The van der Waals surface area contributed by atoms with E-state index in [2.05, 4.69) is 4.72 Å². The first-order chi connectivity index (χ1) is 10.9. The topological polar surface area (TPSA) is 90.6 Å². The zero-order chi connectivity index (χ0) is 17.1. The normalized spacial score (nSPS) is 24.1. The van der Waals surface area contributed by atoms with Gasteiger partial charge in [-0.1, -0.05) is 25.8 Å². The highest BCUT2D eigenvalue weighted by Crippen LogP contribution is 2.37. The van der Waals surface area contributed by atoms with Crippen LogP contribution < -0.4 is 19.9 Å². The van der Waals surface area contributed by atoms with Crippen LogP contribution in [0, 0.1) is 5.92 Å². The second kappa shape index (κ2) is 8.38. The Morgan fingerprint density at radius 1 is 1.25 bits per heavy atom. The Bertz CT molecular complexity index is 631. The SMILES string of the molecule is COc1cccc(OC)c1S(=O)(=O)NC1(CN)CCCCC1C.Cl. The molecule has 1 aromatic carbocycles.